The lowest BCUT2D eigenvalue weighted by molar-refractivity contribution is -0.122. The van der Waals surface area contributed by atoms with E-state index in [0.717, 1.165) is 86.6 Å². The Morgan fingerprint density at radius 2 is 1.63 bits per heavy atom. The Balaban J connectivity index is 0.000000548. The second-order valence-corrected chi connectivity index (χ2v) is 16.7. The van der Waals surface area contributed by atoms with Crippen LogP contribution in [0.1, 0.15) is 200 Å². The number of benzene rings is 1. The Kier molecular flexibility index (Phi) is 26.9. The Morgan fingerprint density at radius 3 is 2.16 bits per heavy atom. The molecule has 4 rings (SSSR count). The van der Waals surface area contributed by atoms with Crippen LogP contribution in [0.4, 0.5) is 5.69 Å². The van der Waals surface area contributed by atoms with Crippen LogP contribution in [0.25, 0.3) is 0 Å². The minimum absolute atomic E-state index is 0.0176. The third kappa shape index (κ3) is 20.2. The van der Waals surface area contributed by atoms with Crippen LogP contribution in [0.2, 0.25) is 0 Å². The van der Waals surface area contributed by atoms with Crippen molar-refractivity contribution in [1.29, 1.82) is 5.41 Å². The number of H-pyrrole nitrogens is 1. The Labute approximate surface area is 350 Å². The molecule has 2 aliphatic rings. The van der Waals surface area contributed by atoms with Crippen molar-refractivity contribution >= 4 is 23.2 Å². The topological polar surface area (TPSA) is 114 Å². The smallest absolute Gasteiger partial charge is 0.251 e. The number of nitrogens with zero attached hydrogens (tertiary/aromatic N) is 2. The molecule has 0 spiro atoms. The number of rotatable bonds is 18. The summed E-state index contributed by atoms with van der Waals surface area (Å²) in [6, 6.07) is 8.06. The molecule has 8 nitrogen and oxygen atoms in total. The average Bonchev–Trinajstić information content (AvgIpc) is 3.67. The molecule has 1 aliphatic carbocycles. The van der Waals surface area contributed by atoms with E-state index in [1.807, 2.05) is 46.0 Å². The predicted molar refractivity (Wildman–Crippen MR) is 246 cm³/mol. The fourth-order valence-corrected chi connectivity index (χ4v) is 7.52. The molecule has 2 heterocycles. The van der Waals surface area contributed by atoms with Gasteiger partial charge in [0.05, 0.1) is 17.9 Å². The fraction of sp³-hybridized carbons (Fsp3) is 0.714. The highest BCUT2D eigenvalue weighted by Gasteiger charge is 2.21. The average molecular weight is 791 g/mol. The van der Waals surface area contributed by atoms with E-state index in [2.05, 4.69) is 93.0 Å². The summed E-state index contributed by atoms with van der Waals surface area (Å²) in [5.74, 6) is 3.88. The van der Waals surface area contributed by atoms with Crippen molar-refractivity contribution in [2.24, 2.45) is 23.7 Å². The summed E-state index contributed by atoms with van der Waals surface area (Å²) < 4.78 is 0. The van der Waals surface area contributed by atoms with Gasteiger partial charge < -0.3 is 25.9 Å². The number of nitrogens with one attached hydrogen (secondary N) is 4. The lowest BCUT2D eigenvalue weighted by Crippen LogP contribution is -2.33. The maximum Gasteiger partial charge on any atom is 0.251 e. The first-order valence-corrected chi connectivity index (χ1v) is 23.0. The van der Waals surface area contributed by atoms with Gasteiger partial charge in [-0.1, -0.05) is 119 Å². The number of carbonyl (C=O) groups is 2. The number of imidazole rings is 1. The standard InChI is InChI=1S/C28H46N4O.C13H23N.C6H11NO.C2H6/c1-7-17-32(18-16-22(5)9-3)25-14-11-13-24(19-25)28(33)31-26(15-10-12-21(4)8-2)27-20-29-23(6)30-27;1-4-10(2)13(11(3)14)12-8-6-5-7-9-12;1-5-2-3-6(8)7-4-5;1-2/h11,13-14,19-22,26H,7-10,12,15-18H2,1-6H3,(H,29,30)(H,31,33);12,14H,4-9H2,1-3H3;5H,2-4H2,1H3,(H,7,8);1-2H3. The molecule has 4 unspecified atom stereocenters. The molecule has 4 N–H and O–H groups in total. The highest BCUT2D eigenvalue weighted by Crippen LogP contribution is 2.32. The third-order valence-electron chi connectivity index (χ3n) is 11.8. The van der Waals surface area contributed by atoms with E-state index in [-0.39, 0.29) is 17.9 Å². The van der Waals surface area contributed by atoms with E-state index in [1.54, 1.807) is 0 Å². The number of hydrogen-bond donors (Lipinski definition) is 4. The van der Waals surface area contributed by atoms with E-state index < -0.39 is 0 Å². The molecule has 2 fully saturated rings. The molecule has 324 valence electrons. The van der Waals surface area contributed by atoms with Gasteiger partial charge in [-0.25, -0.2) is 4.98 Å². The van der Waals surface area contributed by atoms with Crippen LogP contribution in [0, 0.1) is 36.0 Å². The molecule has 0 bridgehead atoms. The van der Waals surface area contributed by atoms with E-state index >= 15 is 0 Å². The monoisotopic (exact) mass is 791 g/mol. The van der Waals surface area contributed by atoms with Crippen LogP contribution in [0.15, 0.2) is 41.6 Å². The Hall–Kier alpha value is -3.42. The number of anilines is 1. The van der Waals surface area contributed by atoms with E-state index in [1.165, 1.54) is 68.9 Å². The number of allylic oxidation sites excluding steroid dienone is 2. The minimum atomic E-state index is -0.0523. The molecule has 1 saturated carbocycles. The van der Waals surface area contributed by atoms with Gasteiger partial charge in [0.2, 0.25) is 5.91 Å². The number of aryl methyl sites for hydroxylation is 1. The van der Waals surface area contributed by atoms with Crippen molar-refractivity contribution in [3.8, 4) is 0 Å². The van der Waals surface area contributed by atoms with Crippen molar-refractivity contribution in [2.45, 2.75) is 185 Å². The molecule has 4 atom stereocenters. The minimum Gasteiger partial charge on any atom is -0.372 e. The summed E-state index contributed by atoms with van der Waals surface area (Å²) >= 11 is 0. The molecule has 2 aromatic rings. The highest BCUT2D eigenvalue weighted by atomic mass is 16.2. The maximum atomic E-state index is 13.3. The predicted octanol–water partition coefficient (Wildman–Crippen LogP) is 12.9. The van der Waals surface area contributed by atoms with Gasteiger partial charge in [-0.05, 0) is 113 Å². The molecular weight excluding hydrogens is 705 g/mol. The van der Waals surface area contributed by atoms with Crippen LogP contribution in [0.5, 0.6) is 0 Å². The quantitative estimate of drug-likeness (QED) is 0.113. The summed E-state index contributed by atoms with van der Waals surface area (Å²) in [6.45, 7) is 28.7. The number of hydrogen-bond acceptors (Lipinski definition) is 5. The SMILES string of the molecule is CC.CC1CCC(=O)NC1.CCC(C)=C(C(C)=N)C1CCCCC1.CCCN(CCC(C)CC)c1cccc(C(=O)NC(CCCC(C)CC)c2cnc(C)[nH]2)c1. The summed E-state index contributed by atoms with van der Waals surface area (Å²) in [6.07, 6.45) is 19.3. The Bertz CT molecular complexity index is 1430. The van der Waals surface area contributed by atoms with Crippen molar-refractivity contribution in [3.63, 3.8) is 0 Å². The molecular formula is C49H86N6O2. The zero-order valence-corrected chi connectivity index (χ0v) is 38.7. The van der Waals surface area contributed by atoms with Gasteiger partial charge in [0.25, 0.3) is 5.91 Å². The van der Waals surface area contributed by atoms with Crippen LogP contribution in [-0.2, 0) is 4.79 Å². The first kappa shape index (κ1) is 51.6. The molecule has 8 heteroatoms. The summed E-state index contributed by atoms with van der Waals surface area (Å²) in [7, 11) is 0. The number of amides is 2. The van der Waals surface area contributed by atoms with Crippen molar-refractivity contribution in [3.05, 3.63) is 58.7 Å². The summed E-state index contributed by atoms with van der Waals surface area (Å²) in [5, 5.41) is 13.9. The second kappa shape index (κ2) is 29.7. The van der Waals surface area contributed by atoms with Crippen molar-refractivity contribution in [1.82, 2.24) is 20.6 Å². The van der Waals surface area contributed by atoms with Gasteiger partial charge in [-0.3, -0.25) is 9.59 Å². The normalized spacial score (nSPS) is 17.4. The van der Waals surface area contributed by atoms with Crippen molar-refractivity contribution < 1.29 is 9.59 Å². The zero-order valence-electron chi connectivity index (χ0n) is 38.7. The van der Waals surface area contributed by atoms with Crippen LogP contribution < -0.4 is 15.5 Å². The molecule has 57 heavy (non-hydrogen) atoms. The van der Waals surface area contributed by atoms with Crippen molar-refractivity contribution in [2.75, 3.05) is 24.5 Å². The van der Waals surface area contributed by atoms with Crippen LogP contribution in [0.3, 0.4) is 0 Å². The summed E-state index contributed by atoms with van der Waals surface area (Å²) in [5.41, 5.74) is 6.45. The number of carbonyl (C=O) groups excluding carboxylic acids is 2. The zero-order chi connectivity index (χ0) is 42.8. The molecule has 1 aromatic heterocycles. The van der Waals surface area contributed by atoms with E-state index in [0.29, 0.717) is 23.7 Å². The van der Waals surface area contributed by atoms with Gasteiger partial charge in [-0.15, -0.1) is 0 Å². The van der Waals surface area contributed by atoms with Gasteiger partial charge in [-0.2, -0.15) is 0 Å². The van der Waals surface area contributed by atoms with E-state index in [4.69, 9.17) is 5.41 Å². The second-order valence-electron chi connectivity index (χ2n) is 16.7. The summed E-state index contributed by atoms with van der Waals surface area (Å²) in [4.78, 5) is 33.9. The fourth-order valence-electron chi connectivity index (χ4n) is 7.52. The lowest BCUT2D eigenvalue weighted by Gasteiger charge is -2.26. The molecule has 1 saturated heterocycles. The molecule has 1 aliphatic heterocycles. The number of aromatic nitrogens is 2. The van der Waals surface area contributed by atoms with Gasteiger partial charge in [0.15, 0.2) is 0 Å². The van der Waals surface area contributed by atoms with Crippen LogP contribution in [-0.4, -0.2) is 47.1 Å². The number of aromatic amines is 1. The van der Waals surface area contributed by atoms with Gasteiger partial charge in [0.1, 0.15) is 5.82 Å². The van der Waals surface area contributed by atoms with Gasteiger partial charge in [0, 0.05) is 43.0 Å². The number of piperidine rings is 1. The highest BCUT2D eigenvalue weighted by molar-refractivity contribution is 5.97. The molecule has 1 aromatic carbocycles. The van der Waals surface area contributed by atoms with E-state index in [9.17, 15) is 9.59 Å². The first-order chi connectivity index (χ1) is 27.3. The third-order valence-corrected chi connectivity index (χ3v) is 11.8. The maximum absolute atomic E-state index is 13.3. The Morgan fingerprint density at radius 1 is 0.965 bits per heavy atom. The molecule has 2 amide bonds. The van der Waals surface area contributed by atoms with Crippen LogP contribution >= 0.6 is 0 Å². The first-order valence-electron chi connectivity index (χ1n) is 23.0. The largest absolute Gasteiger partial charge is 0.372 e. The lowest BCUT2D eigenvalue weighted by atomic mass is 9.80. The van der Waals surface area contributed by atoms with Gasteiger partial charge >= 0.3 is 0 Å². The molecule has 0 radical (unpaired) electrons.